The normalized spacial score (nSPS) is 19.6. The quantitative estimate of drug-likeness (QED) is 0.0814. The van der Waals surface area contributed by atoms with Crippen molar-refractivity contribution < 1.29 is 9.84 Å². The summed E-state index contributed by atoms with van der Waals surface area (Å²) in [5, 5.41) is 10.1. The summed E-state index contributed by atoms with van der Waals surface area (Å²) in [7, 11) is 0. The number of benzene rings is 1. The van der Waals surface area contributed by atoms with E-state index in [0.29, 0.717) is 37.9 Å². The molecule has 2 heterocycles. The molecule has 1 aliphatic carbocycles. The van der Waals surface area contributed by atoms with E-state index in [4.69, 9.17) is 147 Å². The van der Waals surface area contributed by atoms with Crippen molar-refractivity contribution in [3.05, 3.63) is 64.2 Å². The monoisotopic (exact) mass is 761 g/mol. The number of aliphatic hydroxyl groups is 1. The molecule has 4 rings (SSSR count). The lowest BCUT2D eigenvalue weighted by Gasteiger charge is -2.43. The summed E-state index contributed by atoms with van der Waals surface area (Å²) in [6, 6.07) is 6.81. The fourth-order valence-corrected chi connectivity index (χ4v) is 11.0. The Balaban J connectivity index is 1.75. The average molecular weight is 763 g/mol. The molecule has 5 nitrogen and oxygen atoms in total. The van der Waals surface area contributed by atoms with E-state index in [9.17, 15) is 0 Å². The molecule has 1 fully saturated rings. The Morgan fingerprint density at radius 1 is 0.925 bits per heavy atom. The standard InChI is InChI=1S/C23H21Cl2N3O2S10/c24-15-8-17(16(25)7-12(15)3-2-6-29)30-11-14-10-27-18(28(14)13-4-1-5-26-9-13)40-23(39)21(35,36)19(31,32)20(33,34)22(23,37)38/h1,4-5,7-10,29,31-39H,6,11H2. The Labute approximate surface area is 296 Å². The van der Waals surface area contributed by atoms with Crippen LogP contribution >= 0.6 is 149 Å². The maximum atomic E-state index is 8.96. The van der Waals surface area contributed by atoms with Gasteiger partial charge in [-0.2, -0.15) is 114 Å². The molecule has 0 atom stereocenters. The Morgan fingerprint density at radius 3 is 2.15 bits per heavy atom. The van der Waals surface area contributed by atoms with Crippen molar-refractivity contribution in [2.24, 2.45) is 0 Å². The zero-order valence-electron chi connectivity index (χ0n) is 19.8. The first-order valence-electron chi connectivity index (χ1n) is 10.9. The first-order valence-corrected chi connectivity index (χ1v) is 16.5. The maximum Gasteiger partial charge on any atom is 0.174 e. The molecule has 1 aromatic carbocycles. The van der Waals surface area contributed by atoms with Crippen LogP contribution in [0.15, 0.2) is 48.0 Å². The number of hydrogen-bond donors (Lipinski definition) is 10. The number of thiol groups is 9. The average Bonchev–Trinajstić information content (AvgIpc) is 3.31. The number of ether oxygens (including phenoxy) is 1. The molecule has 214 valence electrons. The van der Waals surface area contributed by atoms with Gasteiger partial charge in [0.2, 0.25) is 0 Å². The largest absolute Gasteiger partial charge is 0.486 e. The third-order valence-corrected chi connectivity index (χ3v) is 17.8. The molecule has 1 aliphatic rings. The van der Waals surface area contributed by atoms with Crippen molar-refractivity contribution in [1.82, 2.24) is 14.5 Å². The Morgan fingerprint density at radius 2 is 1.57 bits per heavy atom. The second-order valence-corrected chi connectivity index (χ2v) is 18.3. The van der Waals surface area contributed by atoms with Crippen LogP contribution < -0.4 is 4.74 Å². The summed E-state index contributed by atoms with van der Waals surface area (Å²) in [6.45, 7) is -0.237. The number of nitrogens with zero attached hydrogens (tertiary/aromatic N) is 3. The highest BCUT2D eigenvalue weighted by Gasteiger charge is 2.81. The lowest BCUT2D eigenvalue weighted by molar-refractivity contribution is 0.298. The zero-order valence-corrected chi connectivity index (χ0v) is 30.2. The van der Waals surface area contributed by atoms with Gasteiger partial charge in [-0.1, -0.05) is 46.8 Å². The molecule has 0 spiro atoms. The highest BCUT2D eigenvalue weighted by Crippen LogP contribution is 2.78. The maximum absolute atomic E-state index is 8.96. The van der Waals surface area contributed by atoms with Crippen LogP contribution in [0.1, 0.15) is 11.3 Å². The number of rotatable bonds is 6. The van der Waals surface area contributed by atoms with E-state index in [0.717, 1.165) is 0 Å². The van der Waals surface area contributed by atoms with Crippen molar-refractivity contribution in [3.63, 3.8) is 0 Å². The number of thioether (sulfide) groups is 1. The highest BCUT2D eigenvalue weighted by molar-refractivity contribution is 8.21. The summed E-state index contributed by atoms with van der Waals surface area (Å²) in [6.07, 6.45) is 4.99. The molecule has 1 N–H and O–H groups in total. The smallest absolute Gasteiger partial charge is 0.174 e. The van der Waals surface area contributed by atoms with Gasteiger partial charge in [0.1, 0.15) is 39.4 Å². The van der Waals surface area contributed by atoms with Crippen molar-refractivity contribution >= 4 is 149 Å². The number of halogens is 2. The number of aliphatic hydroxyl groups excluding tert-OH is 1. The van der Waals surface area contributed by atoms with Gasteiger partial charge in [0.15, 0.2) is 5.16 Å². The first kappa shape index (κ1) is 33.9. The fourth-order valence-electron chi connectivity index (χ4n) is 3.80. The molecule has 0 unspecified atom stereocenters. The lowest BCUT2D eigenvalue weighted by atomic mass is 10.2. The van der Waals surface area contributed by atoms with E-state index in [1.165, 1.54) is 11.8 Å². The van der Waals surface area contributed by atoms with Crippen molar-refractivity contribution in [2.75, 3.05) is 6.61 Å². The third-order valence-electron chi connectivity index (χ3n) is 6.05. The SMILES string of the molecule is OCC#Cc1cc(Cl)c(OCc2cnc(SC3(S)C(S)(S)C(S)(S)C(S)(S)C3(S)S)n2-c2cccnc2)cc1Cl. The second-order valence-electron chi connectivity index (χ2n) is 8.52. The van der Waals surface area contributed by atoms with Crippen LogP contribution in [0.4, 0.5) is 0 Å². The van der Waals surface area contributed by atoms with E-state index >= 15 is 0 Å². The fraction of sp³-hybridized carbons (Fsp3) is 0.304. The molecule has 2 aromatic heterocycles. The first-order chi connectivity index (χ1) is 18.5. The second kappa shape index (κ2) is 12.4. The molecule has 3 aromatic rings. The van der Waals surface area contributed by atoms with Gasteiger partial charge in [0.25, 0.3) is 0 Å². The number of aromatic nitrogens is 3. The molecule has 0 amide bonds. The minimum absolute atomic E-state index is 0.0612. The van der Waals surface area contributed by atoms with Gasteiger partial charge in [-0.05, 0) is 18.2 Å². The predicted octanol–water partition coefficient (Wildman–Crippen LogP) is 6.45. The molecule has 40 heavy (non-hydrogen) atoms. The molecule has 17 heteroatoms. The summed E-state index contributed by atoms with van der Waals surface area (Å²) in [5.41, 5.74) is 1.83. The number of pyridine rings is 1. The molecular formula is C23H21Cl2N3O2S10. The molecule has 0 radical (unpaired) electrons. The van der Waals surface area contributed by atoms with Gasteiger partial charge >= 0.3 is 0 Å². The molecular weight excluding hydrogens is 742 g/mol. The van der Waals surface area contributed by atoms with Gasteiger partial charge in [-0.3, -0.25) is 9.55 Å². The van der Waals surface area contributed by atoms with Crippen molar-refractivity contribution in [3.8, 4) is 23.3 Å². The van der Waals surface area contributed by atoms with Crippen LogP contribution in [0.25, 0.3) is 5.69 Å². The van der Waals surface area contributed by atoms with Gasteiger partial charge in [-0.15, -0.1) is 0 Å². The zero-order chi connectivity index (χ0) is 29.7. The van der Waals surface area contributed by atoms with Gasteiger partial charge in [0, 0.05) is 17.8 Å². The lowest BCUT2D eigenvalue weighted by Crippen LogP contribution is -2.49. The molecule has 0 saturated heterocycles. The Bertz CT molecular complexity index is 1460. The Kier molecular flexibility index (Phi) is 10.5. The highest BCUT2D eigenvalue weighted by atomic mass is 35.5. The summed E-state index contributed by atoms with van der Waals surface area (Å²) in [5.74, 6) is 5.64. The van der Waals surface area contributed by atoms with Crippen molar-refractivity contribution in [1.29, 1.82) is 0 Å². The summed E-state index contributed by atoms with van der Waals surface area (Å²) in [4.78, 5) is 8.92. The van der Waals surface area contributed by atoms with Gasteiger partial charge < -0.3 is 9.84 Å². The van der Waals surface area contributed by atoms with Crippen LogP contribution in [0, 0.1) is 11.8 Å². The van der Waals surface area contributed by atoms with E-state index in [-0.39, 0.29) is 13.2 Å². The van der Waals surface area contributed by atoms with Crippen LogP contribution in [-0.4, -0.2) is 46.6 Å². The topological polar surface area (TPSA) is 60.2 Å². The summed E-state index contributed by atoms with van der Waals surface area (Å²) >= 11 is 57.2. The van der Waals surface area contributed by atoms with Crippen LogP contribution in [0.2, 0.25) is 10.0 Å². The molecule has 1 saturated carbocycles. The minimum Gasteiger partial charge on any atom is -0.486 e. The van der Waals surface area contributed by atoms with Crippen LogP contribution in [0.3, 0.4) is 0 Å². The van der Waals surface area contributed by atoms with E-state index in [1.54, 1.807) is 36.8 Å². The third kappa shape index (κ3) is 5.51. The van der Waals surface area contributed by atoms with Crippen LogP contribution in [-0.2, 0) is 6.61 Å². The van der Waals surface area contributed by atoms with Gasteiger partial charge in [0.05, 0.1) is 33.8 Å². The summed E-state index contributed by atoms with van der Waals surface area (Å²) < 4.78 is 1.25. The van der Waals surface area contributed by atoms with Crippen molar-refractivity contribution in [2.45, 2.75) is 32.2 Å². The van der Waals surface area contributed by atoms with E-state index in [2.05, 4.69) is 21.8 Å². The predicted molar refractivity (Wildman–Crippen MR) is 197 cm³/mol. The molecule has 0 aliphatic heterocycles. The minimum atomic E-state index is -1.35. The van der Waals surface area contributed by atoms with E-state index < -0.39 is 20.4 Å². The number of imidazole rings is 1. The van der Waals surface area contributed by atoms with E-state index in [1.807, 2.05) is 10.6 Å². The van der Waals surface area contributed by atoms with Crippen LogP contribution in [0.5, 0.6) is 5.75 Å². The molecule has 0 bridgehead atoms. The number of hydrogen-bond acceptors (Lipinski definition) is 14. The van der Waals surface area contributed by atoms with Gasteiger partial charge in [-0.25, -0.2) is 4.98 Å². The Hall–Kier alpha value is 0.980.